The molecule has 0 aliphatic heterocycles. The van der Waals surface area contributed by atoms with Crippen molar-refractivity contribution in [2.24, 2.45) is 0 Å². The van der Waals surface area contributed by atoms with E-state index in [-0.39, 0.29) is 0 Å². The largest absolute Gasteiger partial charge is 0.478 e. The number of aromatic carboxylic acids is 1. The summed E-state index contributed by atoms with van der Waals surface area (Å²) in [5.74, 6) is -0.908. The molecule has 0 aliphatic rings. The lowest BCUT2D eigenvalue weighted by Crippen LogP contribution is -1.99. The Bertz CT molecular complexity index is 386. The van der Waals surface area contributed by atoms with E-state index in [2.05, 4.69) is 31.9 Å². The van der Waals surface area contributed by atoms with Crippen molar-refractivity contribution in [1.82, 2.24) is 0 Å². The number of hydrogen-bond acceptors (Lipinski definition) is 1. The second-order valence-corrected chi connectivity index (χ2v) is 4.63. The Morgan fingerprint density at radius 2 is 2.20 bits per heavy atom. The first-order valence-corrected chi connectivity index (χ1v) is 6.32. The lowest BCUT2D eigenvalue weighted by molar-refractivity contribution is 0.0696. The highest BCUT2D eigenvalue weighted by atomic mass is 79.9. The summed E-state index contributed by atoms with van der Waals surface area (Å²) >= 11 is 6.56. The minimum Gasteiger partial charge on any atom is -0.478 e. The molecular formula is C11H10Br2O2. The molecule has 2 nitrogen and oxygen atoms in total. The number of carboxylic acids is 1. The third kappa shape index (κ3) is 3.80. The maximum absolute atomic E-state index is 10.9. The lowest BCUT2D eigenvalue weighted by Gasteiger charge is -2.01. The summed E-state index contributed by atoms with van der Waals surface area (Å²) in [5.41, 5.74) is 1.04. The fraction of sp³-hybridized carbons (Fsp3) is 0.182. The van der Waals surface area contributed by atoms with Gasteiger partial charge in [0.25, 0.3) is 0 Å². The van der Waals surface area contributed by atoms with Gasteiger partial charge in [-0.15, -0.1) is 0 Å². The third-order valence-electron chi connectivity index (χ3n) is 1.82. The van der Waals surface area contributed by atoms with Crippen molar-refractivity contribution in [3.05, 3.63) is 39.9 Å². The predicted octanol–water partition coefficient (Wildman–Crippen LogP) is 3.95. The van der Waals surface area contributed by atoms with Gasteiger partial charge in [-0.25, -0.2) is 4.79 Å². The standard InChI is InChI=1S/C11H10Br2O2/c12-6-2-1-3-8-4-5-9(13)7-10(8)11(14)15/h1,3-5,7H,2,6H2,(H,14,15). The van der Waals surface area contributed by atoms with Gasteiger partial charge in [0, 0.05) is 9.80 Å². The van der Waals surface area contributed by atoms with E-state index in [9.17, 15) is 4.79 Å². The van der Waals surface area contributed by atoms with E-state index in [1.54, 1.807) is 12.1 Å². The fourth-order valence-electron chi connectivity index (χ4n) is 1.13. The Morgan fingerprint density at radius 3 is 2.80 bits per heavy atom. The molecule has 0 spiro atoms. The van der Waals surface area contributed by atoms with Crippen LogP contribution in [0.25, 0.3) is 6.08 Å². The van der Waals surface area contributed by atoms with Gasteiger partial charge in [0.15, 0.2) is 0 Å². The molecule has 0 aromatic heterocycles. The van der Waals surface area contributed by atoms with E-state index >= 15 is 0 Å². The topological polar surface area (TPSA) is 37.3 Å². The Hall–Kier alpha value is -0.610. The molecule has 0 aliphatic carbocycles. The zero-order chi connectivity index (χ0) is 11.3. The van der Waals surface area contributed by atoms with Crippen molar-refractivity contribution in [2.75, 3.05) is 5.33 Å². The van der Waals surface area contributed by atoms with Crippen LogP contribution in [-0.2, 0) is 0 Å². The van der Waals surface area contributed by atoms with Gasteiger partial charge in [-0.3, -0.25) is 0 Å². The monoisotopic (exact) mass is 332 g/mol. The summed E-state index contributed by atoms with van der Waals surface area (Å²) in [5, 5.41) is 9.86. The van der Waals surface area contributed by atoms with E-state index in [1.807, 2.05) is 18.2 Å². The highest BCUT2D eigenvalue weighted by Crippen LogP contribution is 2.18. The molecule has 0 atom stereocenters. The first-order chi connectivity index (χ1) is 7.15. The smallest absolute Gasteiger partial charge is 0.336 e. The van der Waals surface area contributed by atoms with E-state index in [4.69, 9.17) is 5.11 Å². The molecule has 1 aromatic rings. The number of carbonyl (C=O) groups is 1. The van der Waals surface area contributed by atoms with Crippen molar-refractivity contribution >= 4 is 43.9 Å². The van der Waals surface area contributed by atoms with Crippen LogP contribution in [0.5, 0.6) is 0 Å². The number of halogens is 2. The number of alkyl halides is 1. The maximum atomic E-state index is 10.9. The number of carboxylic acid groups (broad SMARTS) is 1. The molecule has 1 rings (SSSR count). The first kappa shape index (κ1) is 12.5. The summed E-state index contributed by atoms with van der Waals surface area (Å²) in [6, 6.07) is 5.23. The summed E-state index contributed by atoms with van der Waals surface area (Å²) in [6.45, 7) is 0. The SMILES string of the molecule is O=C(O)c1cc(Br)ccc1C=CCCBr. The van der Waals surface area contributed by atoms with Crippen LogP contribution < -0.4 is 0 Å². The maximum Gasteiger partial charge on any atom is 0.336 e. The van der Waals surface area contributed by atoms with Gasteiger partial charge in [-0.05, 0) is 24.1 Å². The quantitative estimate of drug-likeness (QED) is 0.847. The minimum absolute atomic E-state index is 0.315. The number of rotatable bonds is 4. The van der Waals surface area contributed by atoms with Crippen molar-refractivity contribution in [3.63, 3.8) is 0 Å². The van der Waals surface area contributed by atoms with Crippen molar-refractivity contribution < 1.29 is 9.90 Å². The molecule has 0 bridgehead atoms. The van der Waals surface area contributed by atoms with Crippen LogP contribution in [0.4, 0.5) is 0 Å². The molecule has 15 heavy (non-hydrogen) atoms. The third-order valence-corrected chi connectivity index (χ3v) is 2.77. The first-order valence-electron chi connectivity index (χ1n) is 4.40. The summed E-state index contributed by atoms with van der Waals surface area (Å²) in [4.78, 5) is 10.9. The van der Waals surface area contributed by atoms with Crippen LogP contribution in [0.2, 0.25) is 0 Å². The van der Waals surface area contributed by atoms with Crippen molar-refractivity contribution in [1.29, 1.82) is 0 Å². The number of allylic oxidation sites excluding steroid dienone is 1. The Kier molecular flexibility index (Phi) is 5.05. The molecule has 0 saturated heterocycles. The zero-order valence-corrected chi connectivity index (χ0v) is 11.1. The minimum atomic E-state index is -0.908. The highest BCUT2D eigenvalue weighted by Gasteiger charge is 2.07. The number of hydrogen-bond donors (Lipinski definition) is 1. The van der Waals surface area contributed by atoms with Gasteiger partial charge in [0.2, 0.25) is 0 Å². The van der Waals surface area contributed by atoms with Crippen molar-refractivity contribution in [2.45, 2.75) is 6.42 Å². The average molecular weight is 334 g/mol. The van der Waals surface area contributed by atoms with Gasteiger partial charge in [-0.1, -0.05) is 50.1 Å². The molecule has 0 heterocycles. The molecule has 80 valence electrons. The summed E-state index contributed by atoms with van der Waals surface area (Å²) in [6.07, 6.45) is 4.66. The molecule has 1 aromatic carbocycles. The van der Waals surface area contributed by atoms with E-state index < -0.39 is 5.97 Å². The molecule has 4 heteroatoms. The van der Waals surface area contributed by atoms with Crippen LogP contribution in [0.1, 0.15) is 22.3 Å². The van der Waals surface area contributed by atoms with Gasteiger partial charge in [0.1, 0.15) is 0 Å². The molecule has 0 radical (unpaired) electrons. The lowest BCUT2D eigenvalue weighted by atomic mass is 10.1. The van der Waals surface area contributed by atoms with Crippen LogP contribution >= 0.6 is 31.9 Å². The van der Waals surface area contributed by atoms with Crippen molar-refractivity contribution in [3.8, 4) is 0 Å². The van der Waals surface area contributed by atoms with Gasteiger partial charge < -0.3 is 5.11 Å². The molecule has 0 amide bonds. The van der Waals surface area contributed by atoms with E-state index in [0.29, 0.717) is 5.56 Å². The molecule has 0 saturated carbocycles. The summed E-state index contributed by atoms with van der Waals surface area (Å²) < 4.78 is 0.776. The fourth-order valence-corrected chi connectivity index (χ4v) is 1.76. The van der Waals surface area contributed by atoms with E-state index in [0.717, 1.165) is 21.8 Å². The molecule has 0 unspecified atom stereocenters. The van der Waals surface area contributed by atoms with Crippen LogP contribution in [0.15, 0.2) is 28.7 Å². The van der Waals surface area contributed by atoms with Gasteiger partial charge in [-0.2, -0.15) is 0 Å². The molecule has 1 N–H and O–H groups in total. The van der Waals surface area contributed by atoms with Crippen LogP contribution in [0.3, 0.4) is 0 Å². The van der Waals surface area contributed by atoms with Crippen LogP contribution in [-0.4, -0.2) is 16.4 Å². The number of benzene rings is 1. The second-order valence-electron chi connectivity index (χ2n) is 2.92. The normalized spacial score (nSPS) is 10.8. The zero-order valence-electron chi connectivity index (χ0n) is 7.91. The molecule has 0 fully saturated rings. The van der Waals surface area contributed by atoms with E-state index in [1.165, 1.54) is 0 Å². The predicted molar refractivity (Wildman–Crippen MR) is 68.5 cm³/mol. The van der Waals surface area contributed by atoms with Gasteiger partial charge in [0.05, 0.1) is 5.56 Å². The highest BCUT2D eigenvalue weighted by molar-refractivity contribution is 9.10. The second kappa shape index (κ2) is 6.08. The average Bonchev–Trinajstić information content (AvgIpc) is 2.20. The Balaban J connectivity index is 3.01. The molecular weight excluding hydrogens is 324 g/mol. The van der Waals surface area contributed by atoms with Crippen LogP contribution in [0, 0.1) is 0 Å². The summed E-state index contributed by atoms with van der Waals surface area (Å²) in [7, 11) is 0. The Labute approximate surface area is 105 Å². The van der Waals surface area contributed by atoms with Gasteiger partial charge >= 0.3 is 5.97 Å². The Morgan fingerprint density at radius 1 is 1.47 bits per heavy atom.